The van der Waals surface area contributed by atoms with Crippen molar-refractivity contribution in [3.63, 3.8) is 0 Å². The van der Waals surface area contributed by atoms with E-state index in [0.29, 0.717) is 15.8 Å². The highest BCUT2D eigenvalue weighted by Crippen LogP contribution is 2.29. The van der Waals surface area contributed by atoms with Crippen molar-refractivity contribution in [1.29, 1.82) is 0 Å². The molecule has 3 rings (SSSR count). The summed E-state index contributed by atoms with van der Waals surface area (Å²) in [5, 5.41) is 3.37. The van der Waals surface area contributed by atoms with Gasteiger partial charge in [-0.25, -0.2) is 4.99 Å². The molecular weight excluding hydrogens is 296 g/mol. The fourth-order valence-corrected chi connectivity index (χ4v) is 3.10. The SMILES string of the molecule is Cc1cc(C)cc(N=C2NC(=O)/C(=C/c3ccc(C)o3)S2)c1. The van der Waals surface area contributed by atoms with Gasteiger partial charge in [-0.1, -0.05) is 6.07 Å². The molecule has 1 amide bonds. The summed E-state index contributed by atoms with van der Waals surface area (Å²) in [6.45, 7) is 5.93. The van der Waals surface area contributed by atoms with Crippen LogP contribution in [0.25, 0.3) is 6.08 Å². The number of hydrogen-bond acceptors (Lipinski definition) is 4. The quantitative estimate of drug-likeness (QED) is 0.850. The van der Waals surface area contributed by atoms with E-state index < -0.39 is 0 Å². The standard InChI is InChI=1S/C17H16N2O2S/c1-10-6-11(2)8-13(7-10)18-17-19-16(20)15(22-17)9-14-5-4-12(3)21-14/h4-9H,1-3H3,(H,18,19,20)/b15-9-. The molecule has 1 fully saturated rings. The van der Waals surface area contributed by atoms with Crippen LogP contribution in [0.2, 0.25) is 0 Å². The third kappa shape index (κ3) is 3.31. The van der Waals surface area contributed by atoms with Gasteiger partial charge in [-0.2, -0.15) is 0 Å². The van der Waals surface area contributed by atoms with Crippen LogP contribution in [0.5, 0.6) is 0 Å². The summed E-state index contributed by atoms with van der Waals surface area (Å²) in [7, 11) is 0. The molecule has 0 radical (unpaired) electrons. The number of amides is 1. The molecule has 4 nitrogen and oxygen atoms in total. The number of thioether (sulfide) groups is 1. The van der Waals surface area contributed by atoms with Gasteiger partial charge in [0.05, 0.1) is 10.6 Å². The van der Waals surface area contributed by atoms with Crippen LogP contribution in [0.4, 0.5) is 5.69 Å². The number of aryl methyl sites for hydroxylation is 3. The molecular formula is C17H16N2O2S. The maximum Gasteiger partial charge on any atom is 0.264 e. The van der Waals surface area contributed by atoms with Gasteiger partial charge in [-0.15, -0.1) is 0 Å². The van der Waals surface area contributed by atoms with Crippen LogP contribution in [0.15, 0.2) is 44.6 Å². The Hall–Kier alpha value is -2.27. The van der Waals surface area contributed by atoms with Crippen molar-refractivity contribution in [2.75, 3.05) is 0 Å². The summed E-state index contributed by atoms with van der Waals surface area (Å²) in [5.41, 5.74) is 3.14. The molecule has 22 heavy (non-hydrogen) atoms. The molecule has 112 valence electrons. The van der Waals surface area contributed by atoms with Gasteiger partial charge in [0.1, 0.15) is 11.5 Å². The first-order valence-electron chi connectivity index (χ1n) is 6.94. The van der Waals surface area contributed by atoms with E-state index in [4.69, 9.17) is 4.42 Å². The molecule has 1 aliphatic heterocycles. The molecule has 1 saturated heterocycles. The molecule has 2 heterocycles. The highest BCUT2D eigenvalue weighted by atomic mass is 32.2. The van der Waals surface area contributed by atoms with Crippen LogP contribution in [-0.4, -0.2) is 11.1 Å². The molecule has 0 aliphatic carbocycles. The molecule has 5 heteroatoms. The number of hydrogen-bond donors (Lipinski definition) is 1. The van der Waals surface area contributed by atoms with Gasteiger partial charge in [-0.05, 0) is 67.9 Å². The van der Waals surface area contributed by atoms with E-state index in [1.165, 1.54) is 11.8 Å². The number of nitrogens with zero attached hydrogens (tertiary/aromatic N) is 1. The highest BCUT2D eigenvalue weighted by molar-refractivity contribution is 8.18. The van der Waals surface area contributed by atoms with Crippen molar-refractivity contribution >= 4 is 34.6 Å². The van der Waals surface area contributed by atoms with Crippen LogP contribution in [0.1, 0.15) is 22.6 Å². The van der Waals surface area contributed by atoms with Crippen molar-refractivity contribution in [1.82, 2.24) is 5.32 Å². The summed E-state index contributed by atoms with van der Waals surface area (Å²) < 4.78 is 5.47. The van der Waals surface area contributed by atoms with Gasteiger partial charge < -0.3 is 9.73 Å². The average molecular weight is 312 g/mol. The van der Waals surface area contributed by atoms with E-state index >= 15 is 0 Å². The Bertz CT molecular complexity index is 782. The van der Waals surface area contributed by atoms with E-state index in [1.54, 1.807) is 6.08 Å². The maximum atomic E-state index is 12.0. The second-order valence-corrected chi connectivity index (χ2v) is 6.31. The van der Waals surface area contributed by atoms with Gasteiger partial charge in [0.15, 0.2) is 5.17 Å². The largest absolute Gasteiger partial charge is 0.462 e. The molecule has 0 bridgehead atoms. The zero-order valence-corrected chi connectivity index (χ0v) is 13.5. The molecule has 0 spiro atoms. The third-order valence-electron chi connectivity index (χ3n) is 3.12. The number of amidine groups is 1. The lowest BCUT2D eigenvalue weighted by Crippen LogP contribution is -2.19. The molecule has 1 N–H and O–H groups in total. The van der Waals surface area contributed by atoms with Crippen molar-refractivity contribution in [3.8, 4) is 0 Å². The Labute approximate surface area is 133 Å². The van der Waals surface area contributed by atoms with E-state index in [2.05, 4.69) is 16.4 Å². The number of aliphatic imine (C=N–C) groups is 1. The summed E-state index contributed by atoms with van der Waals surface area (Å²) >= 11 is 1.32. The lowest BCUT2D eigenvalue weighted by molar-refractivity contribution is -0.115. The number of carbonyl (C=O) groups is 1. The molecule has 1 aromatic carbocycles. The summed E-state index contributed by atoms with van der Waals surface area (Å²) in [4.78, 5) is 17.1. The summed E-state index contributed by atoms with van der Waals surface area (Å²) in [6.07, 6.45) is 1.73. The van der Waals surface area contributed by atoms with Gasteiger partial charge in [0.25, 0.3) is 5.91 Å². The van der Waals surface area contributed by atoms with Gasteiger partial charge in [0.2, 0.25) is 0 Å². The Morgan fingerprint density at radius 3 is 2.50 bits per heavy atom. The molecule has 0 atom stereocenters. The fraction of sp³-hybridized carbons (Fsp3) is 0.176. The molecule has 2 aromatic rings. The third-order valence-corrected chi connectivity index (χ3v) is 4.03. The highest BCUT2D eigenvalue weighted by Gasteiger charge is 2.24. The predicted octanol–water partition coefficient (Wildman–Crippen LogP) is 4.10. The van der Waals surface area contributed by atoms with Crippen molar-refractivity contribution in [3.05, 3.63) is 57.9 Å². The first kappa shape index (κ1) is 14.7. The van der Waals surface area contributed by atoms with Crippen LogP contribution in [-0.2, 0) is 4.79 Å². The van der Waals surface area contributed by atoms with Crippen LogP contribution < -0.4 is 5.32 Å². The lowest BCUT2D eigenvalue weighted by atomic mass is 10.1. The Morgan fingerprint density at radius 1 is 1.14 bits per heavy atom. The van der Waals surface area contributed by atoms with Crippen molar-refractivity contribution in [2.45, 2.75) is 20.8 Å². The second-order valence-electron chi connectivity index (χ2n) is 5.28. The Kier molecular flexibility index (Phi) is 3.90. The number of benzene rings is 1. The zero-order chi connectivity index (χ0) is 15.7. The summed E-state index contributed by atoms with van der Waals surface area (Å²) in [5.74, 6) is 1.34. The molecule has 0 unspecified atom stereocenters. The molecule has 1 aliphatic rings. The predicted molar refractivity (Wildman–Crippen MR) is 90.2 cm³/mol. The van der Waals surface area contributed by atoms with E-state index in [1.807, 2.05) is 45.0 Å². The number of rotatable bonds is 2. The minimum atomic E-state index is -0.151. The lowest BCUT2D eigenvalue weighted by Gasteiger charge is -2.00. The number of nitrogens with one attached hydrogen (secondary N) is 1. The van der Waals surface area contributed by atoms with Gasteiger partial charge in [-0.3, -0.25) is 4.79 Å². The summed E-state index contributed by atoms with van der Waals surface area (Å²) in [6, 6.07) is 9.78. The normalized spacial score (nSPS) is 18.2. The van der Waals surface area contributed by atoms with Crippen molar-refractivity contribution in [2.24, 2.45) is 4.99 Å². The van der Waals surface area contributed by atoms with Gasteiger partial charge >= 0.3 is 0 Å². The van der Waals surface area contributed by atoms with Crippen LogP contribution in [0, 0.1) is 20.8 Å². The fourth-order valence-electron chi connectivity index (χ4n) is 2.27. The van der Waals surface area contributed by atoms with Crippen molar-refractivity contribution < 1.29 is 9.21 Å². The first-order chi connectivity index (χ1) is 10.5. The minimum absolute atomic E-state index is 0.151. The monoisotopic (exact) mass is 312 g/mol. The van der Waals surface area contributed by atoms with Gasteiger partial charge in [0, 0.05) is 6.08 Å². The topological polar surface area (TPSA) is 54.6 Å². The maximum absolute atomic E-state index is 12.0. The number of carbonyl (C=O) groups excluding carboxylic acids is 1. The van der Waals surface area contributed by atoms with E-state index in [0.717, 1.165) is 22.6 Å². The average Bonchev–Trinajstić information content (AvgIpc) is 2.95. The van der Waals surface area contributed by atoms with E-state index in [-0.39, 0.29) is 5.91 Å². The first-order valence-corrected chi connectivity index (χ1v) is 7.75. The number of furan rings is 1. The Morgan fingerprint density at radius 2 is 1.86 bits per heavy atom. The zero-order valence-electron chi connectivity index (χ0n) is 12.6. The van der Waals surface area contributed by atoms with Crippen LogP contribution in [0.3, 0.4) is 0 Å². The van der Waals surface area contributed by atoms with Crippen LogP contribution >= 0.6 is 11.8 Å². The second kappa shape index (κ2) is 5.85. The minimum Gasteiger partial charge on any atom is -0.462 e. The molecule has 1 aromatic heterocycles. The smallest absolute Gasteiger partial charge is 0.264 e. The van der Waals surface area contributed by atoms with E-state index in [9.17, 15) is 4.79 Å². The molecule has 0 saturated carbocycles. The Balaban J connectivity index is 1.85.